The number of aliphatic hydroxyl groups excluding tert-OH is 1. The predicted molar refractivity (Wildman–Crippen MR) is 195 cm³/mol. The number of hydrogen-bond acceptors (Lipinski definition) is 6. The van der Waals surface area contributed by atoms with E-state index in [4.69, 9.17) is 4.74 Å². The highest BCUT2D eigenvalue weighted by atomic mass is 32.1. The molecule has 1 heterocycles. The fourth-order valence-electron chi connectivity index (χ4n) is 12.6. The van der Waals surface area contributed by atoms with Crippen molar-refractivity contribution in [2.75, 3.05) is 13.1 Å². The number of allylic oxidation sites excluding steroid dienone is 4. The van der Waals surface area contributed by atoms with Crippen molar-refractivity contribution in [3.8, 4) is 0 Å². The van der Waals surface area contributed by atoms with Crippen LogP contribution in [0.2, 0.25) is 0 Å². The molecule has 2 bridgehead atoms. The molecular formula is C42H61NO5S. The molecule has 1 amide bonds. The molecule has 4 saturated carbocycles. The van der Waals surface area contributed by atoms with Crippen molar-refractivity contribution in [3.63, 3.8) is 0 Å². The zero-order chi connectivity index (χ0) is 35.1. The standard InChI is InChI=1S/C42H61NO5S/c1-8-21-43(37(46)48-32-22-27(4)9-11-30(32)26(2)3)25-41(47)18-15-35-39(41,7)17-14-34-38(6)16-13-29(44)23-40(38)19-20-42(34,35)31(24-40)36(45)33-12-10-28(5)49-33/h10,12,19-20,24,26-27,29-30,32,34-35,44,47H,8-9,11,13-18,21-23,25H2,1-7H3. The number of rotatable bonds is 8. The molecule has 1 aromatic heterocycles. The van der Waals surface area contributed by atoms with E-state index in [0.29, 0.717) is 37.1 Å². The number of fused-ring (bicyclic) bond motifs is 1. The van der Waals surface area contributed by atoms with E-state index < -0.39 is 16.4 Å². The first kappa shape index (κ1) is 35.4. The molecule has 0 radical (unpaired) electrons. The van der Waals surface area contributed by atoms with Crippen LogP contribution in [0.15, 0.2) is 35.9 Å². The quantitative estimate of drug-likeness (QED) is 0.210. The second-order valence-corrected chi connectivity index (χ2v) is 19.5. The van der Waals surface area contributed by atoms with Gasteiger partial charge < -0.3 is 19.8 Å². The molecule has 0 saturated heterocycles. The first-order chi connectivity index (χ1) is 23.1. The average Bonchev–Trinajstić information content (AvgIpc) is 3.60. The van der Waals surface area contributed by atoms with Crippen LogP contribution in [-0.2, 0) is 4.74 Å². The van der Waals surface area contributed by atoms with Crippen molar-refractivity contribution < 1.29 is 24.5 Å². The van der Waals surface area contributed by atoms with Crippen LogP contribution < -0.4 is 0 Å². The summed E-state index contributed by atoms with van der Waals surface area (Å²) in [7, 11) is 0. The number of hydrogen-bond donors (Lipinski definition) is 2. The topological polar surface area (TPSA) is 87.1 Å². The molecule has 8 rings (SSSR count). The van der Waals surface area contributed by atoms with Gasteiger partial charge in [0.05, 0.1) is 23.1 Å². The van der Waals surface area contributed by atoms with Crippen molar-refractivity contribution in [2.24, 2.45) is 51.2 Å². The van der Waals surface area contributed by atoms with Gasteiger partial charge in [-0.25, -0.2) is 4.79 Å². The van der Waals surface area contributed by atoms with E-state index in [9.17, 15) is 19.8 Å². The first-order valence-corrected chi connectivity index (χ1v) is 20.4. The third kappa shape index (κ3) is 5.20. The third-order valence-electron chi connectivity index (χ3n) is 15.3. The second kappa shape index (κ2) is 12.3. The number of aryl methyl sites for hydroxylation is 1. The largest absolute Gasteiger partial charge is 0.446 e. The number of aliphatic hydroxyl groups is 2. The Kier molecular flexibility index (Phi) is 8.92. The summed E-state index contributed by atoms with van der Waals surface area (Å²) in [5, 5.41) is 23.9. The lowest BCUT2D eigenvalue weighted by molar-refractivity contribution is -0.175. The van der Waals surface area contributed by atoms with Gasteiger partial charge in [-0.15, -0.1) is 11.3 Å². The molecular weight excluding hydrogens is 631 g/mol. The van der Waals surface area contributed by atoms with Crippen molar-refractivity contribution in [2.45, 2.75) is 137 Å². The van der Waals surface area contributed by atoms with E-state index in [1.165, 1.54) is 6.42 Å². The van der Waals surface area contributed by atoms with Crippen LogP contribution in [0, 0.1) is 58.2 Å². The lowest BCUT2D eigenvalue weighted by Crippen LogP contribution is -2.67. The molecule has 2 N–H and O–H groups in total. The second-order valence-electron chi connectivity index (χ2n) is 18.2. The van der Waals surface area contributed by atoms with Gasteiger partial charge in [-0.1, -0.05) is 66.2 Å². The Bertz CT molecular complexity index is 1530. The fraction of sp³-hybridized carbons (Fsp3) is 0.762. The number of carbonyl (C=O) groups excluding carboxylic acids is 2. The number of nitrogens with zero attached hydrogens (tertiary/aromatic N) is 1. The normalized spacial score (nSPS) is 43.8. The summed E-state index contributed by atoms with van der Waals surface area (Å²) < 4.78 is 6.38. The molecule has 6 nitrogen and oxygen atoms in total. The van der Waals surface area contributed by atoms with E-state index in [1.54, 1.807) is 11.3 Å². The van der Waals surface area contributed by atoms with Crippen LogP contribution in [0.3, 0.4) is 0 Å². The van der Waals surface area contributed by atoms with Gasteiger partial charge in [0, 0.05) is 33.2 Å². The van der Waals surface area contributed by atoms with Crippen LogP contribution in [0.5, 0.6) is 0 Å². The molecule has 49 heavy (non-hydrogen) atoms. The minimum atomic E-state index is -1.10. The van der Waals surface area contributed by atoms with Gasteiger partial charge in [0.25, 0.3) is 0 Å². The fourth-order valence-corrected chi connectivity index (χ4v) is 13.4. The molecule has 4 fully saturated rings. The lowest BCUT2D eigenvalue weighted by Gasteiger charge is -2.71. The maximum atomic E-state index is 14.7. The Morgan fingerprint density at radius 2 is 1.73 bits per heavy atom. The average molecular weight is 692 g/mol. The van der Waals surface area contributed by atoms with E-state index >= 15 is 0 Å². The Hall–Kier alpha value is -1.96. The minimum Gasteiger partial charge on any atom is -0.446 e. The molecule has 7 aliphatic rings. The SMILES string of the molecule is CCCN(CC1(O)CCC2C34C=CC5(C=C3C(=O)c3ccc(C)s3)CC(O)CCC5(C)C4CCC21C)C(=O)OC1CC(C)CCC1C(C)C. The summed E-state index contributed by atoms with van der Waals surface area (Å²) in [5.41, 5.74) is -1.61. The highest BCUT2D eigenvalue weighted by molar-refractivity contribution is 7.14. The maximum absolute atomic E-state index is 14.7. The summed E-state index contributed by atoms with van der Waals surface area (Å²) in [5.74, 6) is 1.78. The van der Waals surface area contributed by atoms with Crippen LogP contribution in [0.25, 0.3) is 0 Å². The van der Waals surface area contributed by atoms with Crippen LogP contribution in [0.4, 0.5) is 4.79 Å². The van der Waals surface area contributed by atoms with E-state index in [0.717, 1.165) is 66.7 Å². The molecule has 2 spiro atoms. The van der Waals surface area contributed by atoms with Crippen LogP contribution in [0.1, 0.15) is 127 Å². The van der Waals surface area contributed by atoms with Crippen molar-refractivity contribution in [1.82, 2.24) is 4.90 Å². The Morgan fingerprint density at radius 3 is 2.43 bits per heavy atom. The summed E-state index contributed by atoms with van der Waals surface area (Å²) in [6.07, 6.45) is 15.8. The molecule has 270 valence electrons. The minimum absolute atomic E-state index is 0.0576. The van der Waals surface area contributed by atoms with Crippen LogP contribution >= 0.6 is 11.3 Å². The van der Waals surface area contributed by atoms with Gasteiger partial charge >= 0.3 is 6.09 Å². The molecule has 7 aliphatic carbocycles. The molecule has 11 atom stereocenters. The summed E-state index contributed by atoms with van der Waals surface area (Å²) in [6, 6.07) is 4.01. The molecule has 1 aromatic rings. The number of amides is 1. The van der Waals surface area contributed by atoms with E-state index in [2.05, 4.69) is 66.7 Å². The lowest BCUT2D eigenvalue weighted by atomic mass is 9.32. The van der Waals surface area contributed by atoms with E-state index in [1.807, 2.05) is 17.0 Å². The first-order valence-electron chi connectivity index (χ1n) is 19.5. The molecule has 0 aliphatic heterocycles. The van der Waals surface area contributed by atoms with Crippen molar-refractivity contribution >= 4 is 23.2 Å². The Labute approximate surface area is 298 Å². The molecule has 11 unspecified atom stereocenters. The number of thiophene rings is 1. The molecule has 7 heteroatoms. The number of ketones is 1. The molecule has 0 aromatic carbocycles. The van der Waals surface area contributed by atoms with Gasteiger partial charge in [-0.05, 0) is 118 Å². The maximum Gasteiger partial charge on any atom is 0.410 e. The highest BCUT2D eigenvalue weighted by Gasteiger charge is 2.74. The van der Waals surface area contributed by atoms with Gasteiger partial charge in [0.1, 0.15) is 6.10 Å². The summed E-state index contributed by atoms with van der Waals surface area (Å²) in [6.45, 7) is 16.4. The van der Waals surface area contributed by atoms with Crippen molar-refractivity contribution in [3.05, 3.63) is 45.7 Å². The van der Waals surface area contributed by atoms with Crippen molar-refractivity contribution in [1.29, 1.82) is 0 Å². The van der Waals surface area contributed by atoms with E-state index in [-0.39, 0.29) is 53.3 Å². The van der Waals surface area contributed by atoms with Gasteiger partial charge in [-0.2, -0.15) is 0 Å². The smallest absolute Gasteiger partial charge is 0.410 e. The van der Waals surface area contributed by atoms with Gasteiger partial charge in [0.15, 0.2) is 5.78 Å². The Morgan fingerprint density at radius 1 is 1.02 bits per heavy atom. The predicted octanol–water partition coefficient (Wildman–Crippen LogP) is 9.14. The highest BCUT2D eigenvalue weighted by Crippen LogP contribution is 2.78. The number of carbonyl (C=O) groups is 2. The van der Waals surface area contributed by atoms with Crippen LogP contribution in [-0.4, -0.2) is 57.9 Å². The number of Topliss-reactive ketones (excluding diaryl/α,β-unsaturated/α-hetero) is 1. The van der Waals surface area contributed by atoms with Gasteiger partial charge in [0.2, 0.25) is 0 Å². The summed E-state index contributed by atoms with van der Waals surface area (Å²) >= 11 is 1.57. The third-order valence-corrected chi connectivity index (χ3v) is 16.3. The number of ether oxygens (including phenoxy) is 1. The zero-order valence-electron chi connectivity index (χ0n) is 31.1. The summed E-state index contributed by atoms with van der Waals surface area (Å²) in [4.78, 5) is 32.5. The monoisotopic (exact) mass is 691 g/mol. The van der Waals surface area contributed by atoms with Gasteiger partial charge in [-0.3, -0.25) is 4.79 Å². The Balaban J connectivity index is 1.23. The zero-order valence-corrected chi connectivity index (χ0v) is 31.9.